The summed E-state index contributed by atoms with van der Waals surface area (Å²) in [7, 11) is -3.31. The summed E-state index contributed by atoms with van der Waals surface area (Å²) in [5.74, 6) is 1.18. The molecule has 0 aromatic carbocycles. The fourth-order valence-electron chi connectivity index (χ4n) is 3.75. The third kappa shape index (κ3) is 2.64. The second-order valence-electron chi connectivity index (χ2n) is 6.79. The van der Waals surface area contributed by atoms with Gasteiger partial charge in [-0.1, -0.05) is 6.42 Å². The van der Waals surface area contributed by atoms with Crippen LogP contribution in [-0.2, 0) is 16.6 Å². The monoisotopic (exact) mass is 309 g/mol. The molecule has 3 fully saturated rings. The predicted molar refractivity (Wildman–Crippen MR) is 80.2 cm³/mol. The molecule has 5 nitrogen and oxygen atoms in total. The maximum absolute atomic E-state index is 12.7. The average molecular weight is 309 g/mol. The number of sulfonamides is 1. The van der Waals surface area contributed by atoms with Crippen LogP contribution in [0.5, 0.6) is 0 Å². The van der Waals surface area contributed by atoms with Gasteiger partial charge in [0.25, 0.3) is 0 Å². The largest absolute Gasteiger partial charge is 0.363 e. The van der Waals surface area contributed by atoms with E-state index < -0.39 is 10.0 Å². The second kappa shape index (κ2) is 5.11. The van der Waals surface area contributed by atoms with Crippen LogP contribution in [0.4, 0.5) is 0 Å². The highest BCUT2D eigenvalue weighted by Crippen LogP contribution is 2.39. The second-order valence-corrected chi connectivity index (χ2v) is 8.73. The molecule has 1 saturated heterocycles. The van der Waals surface area contributed by atoms with E-state index in [-0.39, 0.29) is 0 Å². The van der Waals surface area contributed by atoms with Gasteiger partial charge in [0.05, 0.1) is 4.90 Å². The molecule has 1 aromatic rings. The minimum absolute atomic E-state index is 0.426. The van der Waals surface area contributed by atoms with Crippen molar-refractivity contribution in [3.63, 3.8) is 0 Å². The molecule has 2 aliphatic carbocycles. The first-order valence-corrected chi connectivity index (χ1v) is 9.48. The molecule has 0 spiro atoms. The Morgan fingerprint density at radius 3 is 2.57 bits per heavy atom. The summed E-state index contributed by atoms with van der Waals surface area (Å²) in [6, 6.07) is 2.42. The minimum atomic E-state index is -3.31. The SMILES string of the molecule is O=S(=O)(c1c[nH]c(CNC2CC2)c1)N1CC2CCCC2C1. The summed E-state index contributed by atoms with van der Waals surface area (Å²) in [6.45, 7) is 2.16. The molecule has 0 radical (unpaired) electrons. The van der Waals surface area contributed by atoms with Gasteiger partial charge in [0.15, 0.2) is 0 Å². The van der Waals surface area contributed by atoms with Gasteiger partial charge in [-0.3, -0.25) is 0 Å². The van der Waals surface area contributed by atoms with Crippen molar-refractivity contribution in [3.05, 3.63) is 18.0 Å². The molecule has 0 bridgehead atoms. The van der Waals surface area contributed by atoms with E-state index in [0.717, 1.165) is 12.2 Å². The maximum atomic E-state index is 12.7. The van der Waals surface area contributed by atoms with Gasteiger partial charge in [-0.2, -0.15) is 4.31 Å². The number of fused-ring (bicyclic) bond motifs is 1. The summed E-state index contributed by atoms with van der Waals surface area (Å²) in [4.78, 5) is 3.53. The molecule has 0 amide bonds. The van der Waals surface area contributed by atoms with Crippen LogP contribution in [0.3, 0.4) is 0 Å². The summed E-state index contributed by atoms with van der Waals surface area (Å²) in [6.07, 6.45) is 7.78. The number of H-pyrrole nitrogens is 1. The number of hydrogen-bond acceptors (Lipinski definition) is 3. The molecule has 1 aliphatic heterocycles. The normalized spacial score (nSPS) is 29.9. The van der Waals surface area contributed by atoms with Gasteiger partial charge in [0.1, 0.15) is 0 Å². The smallest absolute Gasteiger partial charge is 0.244 e. The number of rotatable bonds is 5. The number of nitrogens with one attached hydrogen (secondary N) is 2. The standard InChI is InChI=1S/C15H23N3O2S/c19-21(20,18-9-11-2-1-3-12(11)10-18)15-6-14(17-8-15)7-16-13-4-5-13/h6,8,11-13,16-17H,1-5,7,9-10H2. The van der Waals surface area contributed by atoms with Crippen LogP contribution in [-0.4, -0.2) is 36.8 Å². The molecule has 4 rings (SSSR count). The Morgan fingerprint density at radius 1 is 1.19 bits per heavy atom. The van der Waals surface area contributed by atoms with Crippen molar-refractivity contribution in [3.8, 4) is 0 Å². The lowest BCUT2D eigenvalue weighted by atomic mass is 10.0. The third-order valence-corrected chi connectivity index (χ3v) is 7.01. The Hall–Kier alpha value is -0.850. The zero-order valence-electron chi connectivity index (χ0n) is 12.2. The number of hydrogen-bond donors (Lipinski definition) is 2. The van der Waals surface area contributed by atoms with Gasteiger partial charge < -0.3 is 10.3 Å². The molecular formula is C15H23N3O2S. The topological polar surface area (TPSA) is 65.2 Å². The highest BCUT2D eigenvalue weighted by atomic mass is 32.2. The van der Waals surface area contributed by atoms with E-state index in [0.29, 0.717) is 35.9 Å². The van der Waals surface area contributed by atoms with E-state index in [4.69, 9.17) is 0 Å². The number of aromatic amines is 1. The van der Waals surface area contributed by atoms with Crippen molar-refractivity contribution in [2.45, 2.75) is 49.6 Å². The molecule has 116 valence electrons. The Morgan fingerprint density at radius 2 is 1.90 bits per heavy atom. The highest BCUT2D eigenvalue weighted by Gasteiger charge is 2.41. The molecule has 6 heteroatoms. The van der Waals surface area contributed by atoms with Gasteiger partial charge in [-0.15, -0.1) is 0 Å². The van der Waals surface area contributed by atoms with Crippen LogP contribution in [0.15, 0.2) is 17.2 Å². The van der Waals surface area contributed by atoms with Crippen LogP contribution < -0.4 is 5.32 Å². The zero-order chi connectivity index (χ0) is 14.4. The van der Waals surface area contributed by atoms with E-state index in [9.17, 15) is 8.42 Å². The Balaban J connectivity index is 1.46. The van der Waals surface area contributed by atoms with E-state index in [1.54, 1.807) is 16.6 Å². The molecule has 2 heterocycles. The molecule has 3 aliphatic rings. The molecule has 1 aromatic heterocycles. The molecule has 21 heavy (non-hydrogen) atoms. The minimum Gasteiger partial charge on any atom is -0.363 e. The molecule has 2 saturated carbocycles. The first kappa shape index (κ1) is 13.8. The first-order valence-electron chi connectivity index (χ1n) is 8.04. The lowest BCUT2D eigenvalue weighted by molar-refractivity contribution is 0.445. The Kier molecular flexibility index (Phi) is 3.35. The van der Waals surface area contributed by atoms with Gasteiger partial charge in [-0.25, -0.2) is 8.42 Å². The van der Waals surface area contributed by atoms with Crippen LogP contribution >= 0.6 is 0 Å². The fourth-order valence-corrected chi connectivity index (χ4v) is 5.32. The van der Waals surface area contributed by atoms with Gasteiger partial charge in [0.2, 0.25) is 10.0 Å². The summed E-state index contributed by atoms with van der Waals surface area (Å²) >= 11 is 0. The van der Waals surface area contributed by atoms with Crippen LogP contribution in [0.2, 0.25) is 0 Å². The highest BCUT2D eigenvalue weighted by molar-refractivity contribution is 7.89. The predicted octanol–water partition coefficient (Wildman–Crippen LogP) is 1.69. The lowest BCUT2D eigenvalue weighted by Gasteiger charge is -2.16. The van der Waals surface area contributed by atoms with Gasteiger partial charge in [-0.05, 0) is 43.6 Å². The molecule has 2 N–H and O–H groups in total. The lowest BCUT2D eigenvalue weighted by Crippen LogP contribution is -2.29. The quantitative estimate of drug-likeness (QED) is 0.870. The number of nitrogens with zero attached hydrogens (tertiary/aromatic N) is 1. The van der Waals surface area contributed by atoms with Crippen molar-refractivity contribution in [1.29, 1.82) is 0 Å². The summed E-state index contributed by atoms with van der Waals surface area (Å²) < 4.78 is 27.1. The third-order valence-electron chi connectivity index (χ3n) is 5.21. The van der Waals surface area contributed by atoms with Crippen LogP contribution in [0.25, 0.3) is 0 Å². The first-order chi connectivity index (χ1) is 10.1. The van der Waals surface area contributed by atoms with E-state index in [1.165, 1.54) is 32.1 Å². The van der Waals surface area contributed by atoms with Gasteiger partial charge in [0, 0.05) is 37.6 Å². The fraction of sp³-hybridized carbons (Fsp3) is 0.733. The Bertz CT molecular complexity index is 609. The van der Waals surface area contributed by atoms with Gasteiger partial charge >= 0.3 is 0 Å². The molecular weight excluding hydrogens is 286 g/mol. The zero-order valence-corrected chi connectivity index (χ0v) is 13.0. The van der Waals surface area contributed by atoms with Crippen LogP contribution in [0, 0.1) is 11.8 Å². The van der Waals surface area contributed by atoms with Crippen molar-refractivity contribution < 1.29 is 8.42 Å². The van der Waals surface area contributed by atoms with Crippen molar-refractivity contribution in [2.24, 2.45) is 11.8 Å². The van der Waals surface area contributed by atoms with Crippen LogP contribution in [0.1, 0.15) is 37.8 Å². The summed E-state index contributed by atoms with van der Waals surface area (Å²) in [5, 5.41) is 3.40. The molecule has 2 atom stereocenters. The van der Waals surface area contributed by atoms with E-state index >= 15 is 0 Å². The van der Waals surface area contributed by atoms with Crippen molar-refractivity contribution in [2.75, 3.05) is 13.1 Å². The molecule has 2 unspecified atom stereocenters. The van der Waals surface area contributed by atoms with Crippen molar-refractivity contribution in [1.82, 2.24) is 14.6 Å². The van der Waals surface area contributed by atoms with Crippen molar-refractivity contribution >= 4 is 10.0 Å². The van der Waals surface area contributed by atoms with E-state index in [2.05, 4.69) is 10.3 Å². The number of aromatic nitrogens is 1. The average Bonchev–Trinajstić information content (AvgIpc) is 2.89. The van der Waals surface area contributed by atoms with E-state index in [1.807, 2.05) is 0 Å². The summed E-state index contributed by atoms with van der Waals surface area (Å²) in [5.41, 5.74) is 0.958. The maximum Gasteiger partial charge on any atom is 0.244 e. The Labute approximate surface area is 126 Å².